The van der Waals surface area contributed by atoms with Crippen LogP contribution in [0.4, 0.5) is 0 Å². The van der Waals surface area contributed by atoms with E-state index in [1.807, 2.05) is 49.4 Å². The minimum absolute atomic E-state index is 0.0119. The Morgan fingerprint density at radius 3 is 1.43 bits per heavy atom. The zero-order valence-electron chi connectivity index (χ0n) is 41.4. The van der Waals surface area contributed by atoms with E-state index in [0.29, 0.717) is 82.0 Å². The van der Waals surface area contributed by atoms with E-state index in [1.165, 1.54) is 19.7 Å². The Balaban J connectivity index is 0.000000182. The molecule has 2 unspecified atom stereocenters. The number of hydrogen-bond acceptors (Lipinski definition) is 14. The number of aromatic amines is 2. The second kappa shape index (κ2) is 23.6. The first kappa shape index (κ1) is 52.1. The van der Waals surface area contributed by atoms with E-state index < -0.39 is 20.0 Å². The molecule has 2 atom stereocenters. The van der Waals surface area contributed by atoms with E-state index in [1.54, 1.807) is 51.8 Å². The van der Waals surface area contributed by atoms with Crippen LogP contribution in [-0.4, -0.2) is 128 Å². The van der Waals surface area contributed by atoms with Crippen LogP contribution in [0.15, 0.2) is 129 Å². The fourth-order valence-electron chi connectivity index (χ4n) is 9.12. The van der Waals surface area contributed by atoms with Crippen molar-refractivity contribution in [3.63, 3.8) is 0 Å². The minimum Gasteiger partial charge on any atom is -0.379 e. The molecule has 0 amide bonds. The summed E-state index contributed by atoms with van der Waals surface area (Å²) in [6.45, 7) is 7.02. The lowest BCUT2D eigenvalue weighted by atomic mass is 10.1. The van der Waals surface area contributed by atoms with Gasteiger partial charge in [0.2, 0.25) is 20.0 Å². The van der Waals surface area contributed by atoms with Gasteiger partial charge in [0.25, 0.3) is 11.1 Å². The topological polar surface area (TPSA) is 246 Å². The van der Waals surface area contributed by atoms with Crippen LogP contribution < -0.4 is 11.1 Å². The Morgan fingerprint density at radius 1 is 0.527 bits per heavy atom. The number of sulfonamides is 2. The zero-order valence-corrected chi connectivity index (χ0v) is 43.0. The number of hydrogen-bond donors (Lipinski definition) is 2. The van der Waals surface area contributed by atoms with Crippen molar-refractivity contribution >= 4 is 42.4 Å². The van der Waals surface area contributed by atoms with Crippen LogP contribution in [0.3, 0.4) is 0 Å². The van der Waals surface area contributed by atoms with Gasteiger partial charge in [-0.15, -0.1) is 10.2 Å². The Kier molecular flexibility index (Phi) is 16.6. The van der Waals surface area contributed by atoms with E-state index >= 15 is 0 Å². The molecular weight excluding hydrogens is 985 g/mol. The second-order valence-corrected chi connectivity index (χ2v) is 22.4. The van der Waals surface area contributed by atoms with Gasteiger partial charge < -0.3 is 19.4 Å². The number of nitrogens with zero attached hydrogens (tertiary/aromatic N) is 10. The van der Waals surface area contributed by atoms with Crippen molar-refractivity contribution in [2.45, 2.75) is 87.1 Å². The maximum absolute atomic E-state index is 13.1. The quantitative estimate of drug-likeness (QED) is 0.109. The molecule has 0 radical (unpaired) electrons. The monoisotopic (exact) mass is 1040 g/mol. The highest BCUT2D eigenvalue weighted by atomic mass is 32.2. The molecule has 2 fully saturated rings. The van der Waals surface area contributed by atoms with Crippen LogP contribution in [0.2, 0.25) is 0 Å². The van der Waals surface area contributed by atoms with Gasteiger partial charge in [0.1, 0.15) is 11.6 Å². The van der Waals surface area contributed by atoms with E-state index in [4.69, 9.17) is 9.47 Å². The largest absolute Gasteiger partial charge is 0.379 e. The number of aryl methyl sites for hydroxylation is 2. The normalized spacial score (nSPS) is 15.7. The summed E-state index contributed by atoms with van der Waals surface area (Å²) >= 11 is 0. The van der Waals surface area contributed by atoms with E-state index in [-0.39, 0.29) is 50.4 Å². The highest BCUT2D eigenvalue weighted by molar-refractivity contribution is 7.89. The fraction of sp³-hybridized carbons (Fsp3) is 0.385. The van der Waals surface area contributed by atoms with Gasteiger partial charge in [-0.05, 0) is 98.9 Å². The number of ether oxygens (including phenoxy) is 2. The average Bonchev–Trinajstić information content (AvgIpc) is 4.06. The molecule has 4 aromatic heterocycles. The van der Waals surface area contributed by atoms with Crippen molar-refractivity contribution in [2.75, 3.05) is 52.6 Å². The molecule has 10 rings (SSSR count). The Hall–Kier alpha value is -6.82. The van der Waals surface area contributed by atoms with Crippen molar-refractivity contribution in [3.8, 4) is 0 Å². The van der Waals surface area contributed by atoms with Crippen molar-refractivity contribution in [3.05, 3.63) is 164 Å². The minimum atomic E-state index is -3.62. The van der Waals surface area contributed by atoms with E-state index in [9.17, 15) is 26.4 Å². The molecule has 0 spiro atoms. The Labute approximate surface area is 428 Å². The summed E-state index contributed by atoms with van der Waals surface area (Å²) in [4.78, 5) is 40.8. The molecule has 388 valence electrons. The third-order valence-corrected chi connectivity index (χ3v) is 17.1. The lowest BCUT2D eigenvalue weighted by molar-refractivity contribution is 0.0730. The highest BCUT2D eigenvalue weighted by Gasteiger charge is 2.28. The Bertz CT molecular complexity index is 3500. The molecule has 6 heterocycles. The molecule has 0 saturated carbocycles. The molecule has 0 aliphatic carbocycles. The summed E-state index contributed by atoms with van der Waals surface area (Å²) in [5.74, 6) is 0.903. The predicted molar refractivity (Wildman–Crippen MR) is 278 cm³/mol. The van der Waals surface area contributed by atoms with Crippen molar-refractivity contribution in [2.24, 2.45) is 0 Å². The Morgan fingerprint density at radius 2 is 0.959 bits per heavy atom. The summed E-state index contributed by atoms with van der Waals surface area (Å²) in [6.07, 6.45) is 6.21. The van der Waals surface area contributed by atoms with E-state index in [0.717, 1.165) is 49.7 Å². The summed E-state index contributed by atoms with van der Waals surface area (Å²) in [5, 5.41) is 16.6. The first-order valence-corrected chi connectivity index (χ1v) is 27.8. The smallest absolute Gasteiger partial charge is 0.281 e. The van der Waals surface area contributed by atoms with Gasteiger partial charge in [0.15, 0.2) is 22.3 Å². The van der Waals surface area contributed by atoms with Crippen molar-refractivity contribution < 1.29 is 26.3 Å². The average molecular weight is 1050 g/mol. The SMILES string of the molecule is CC(CCCc1ccccc1)n1nnc2c(=O)[nH]c(Cc3ccc(S(=O)(=O)N4CCOCC4)cc3)nc21.CC(CCCc1ccccc1)n1nnc2c(=O)[nH]c(Cc3cccc(S(=O)(=O)N4CCOCC4)c3)nc21. The molecule has 0 bridgehead atoms. The van der Waals surface area contributed by atoms with Gasteiger partial charge >= 0.3 is 0 Å². The first-order chi connectivity index (χ1) is 35.8. The van der Waals surface area contributed by atoms with E-state index in [2.05, 4.69) is 71.7 Å². The summed E-state index contributed by atoms with van der Waals surface area (Å²) < 4.78 is 68.7. The standard InChI is InChI=1S/2C26H30N6O4S/c1-19(7-5-10-20-8-3-2-4-9-20)32-25-24(29-30-32)26(33)28-23(27-25)18-21-11-6-12-22(17-21)37(34,35)31-13-15-36-16-14-31;1-19(6-5-9-20-7-3-2-4-8-20)32-25-24(29-30-32)26(33)28-23(27-25)18-21-10-12-22(13-11-21)37(34,35)31-14-16-36-17-15-31/h2-4,6,8-9,11-12,17,19H,5,7,10,13-16,18H2,1H3,(H,27,28,33);2-4,7-8,10-13,19H,5-6,9,14-18H2,1H3,(H,27,28,33). The van der Waals surface area contributed by atoms with Gasteiger partial charge in [-0.3, -0.25) is 9.59 Å². The number of morpholine rings is 2. The van der Waals surface area contributed by atoms with Crippen LogP contribution in [0, 0.1) is 0 Å². The number of fused-ring (bicyclic) bond motifs is 2. The third-order valence-electron chi connectivity index (χ3n) is 13.2. The molecule has 22 heteroatoms. The number of nitrogens with one attached hydrogen (secondary N) is 2. The molecule has 4 aromatic carbocycles. The molecular formula is C52H60N12O8S2. The molecule has 8 aromatic rings. The molecule has 2 saturated heterocycles. The zero-order chi connectivity index (χ0) is 51.7. The summed E-state index contributed by atoms with van der Waals surface area (Å²) in [5.41, 5.74) is 4.74. The highest BCUT2D eigenvalue weighted by Crippen LogP contribution is 2.23. The number of H-pyrrole nitrogens is 2. The summed E-state index contributed by atoms with van der Waals surface area (Å²) in [7, 11) is -7.18. The lowest BCUT2D eigenvalue weighted by Gasteiger charge is -2.26. The van der Waals surface area contributed by atoms with Gasteiger partial charge in [-0.25, -0.2) is 36.2 Å². The van der Waals surface area contributed by atoms with Crippen molar-refractivity contribution in [1.29, 1.82) is 0 Å². The molecule has 2 aliphatic rings. The summed E-state index contributed by atoms with van der Waals surface area (Å²) in [6, 6.07) is 34.1. The molecule has 20 nitrogen and oxygen atoms in total. The van der Waals surface area contributed by atoms with Gasteiger partial charge in [-0.1, -0.05) is 95.4 Å². The molecule has 74 heavy (non-hydrogen) atoms. The fourth-order valence-corrected chi connectivity index (χ4v) is 12.0. The van der Waals surface area contributed by atoms with Gasteiger partial charge in [0, 0.05) is 39.0 Å². The van der Waals surface area contributed by atoms with Crippen molar-refractivity contribution in [1.82, 2.24) is 58.5 Å². The van der Waals surface area contributed by atoms with Crippen LogP contribution in [0.1, 0.15) is 85.5 Å². The predicted octanol–water partition coefficient (Wildman–Crippen LogP) is 5.42. The van der Waals surface area contributed by atoms with Crippen LogP contribution >= 0.6 is 0 Å². The maximum atomic E-state index is 13.1. The maximum Gasteiger partial charge on any atom is 0.281 e. The van der Waals surface area contributed by atoms with Crippen LogP contribution in [0.5, 0.6) is 0 Å². The number of aromatic nitrogens is 10. The van der Waals surface area contributed by atoms with Gasteiger partial charge in [0.05, 0.1) is 48.3 Å². The lowest BCUT2D eigenvalue weighted by Crippen LogP contribution is -2.40. The van der Waals surface area contributed by atoms with Crippen LogP contribution in [0.25, 0.3) is 22.3 Å². The number of rotatable bonds is 18. The first-order valence-electron chi connectivity index (χ1n) is 24.9. The second-order valence-electron chi connectivity index (χ2n) is 18.6. The van der Waals surface area contributed by atoms with Gasteiger partial charge in [-0.2, -0.15) is 8.61 Å². The molecule has 2 N–H and O–H groups in total. The third kappa shape index (κ3) is 12.4. The number of benzene rings is 4. The van der Waals surface area contributed by atoms with Crippen LogP contribution in [-0.2, 0) is 55.2 Å². The molecule has 2 aliphatic heterocycles.